The monoisotopic (exact) mass is 211 g/mol. The highest BCUT2D eigenvalue weighted by atomic mass is 32.2. The molecule has 1 rings (SSSR count). The van der Waals surface area contributed by atoms with Crippen LogP contribution in [0.1, 0.15) is 0 Å². The largest absolute Gasteiger partial charge is 0.359 e. The molecule has 0 spiro atoms. The number of terminal acetylenes is 1. The first-order valence-electron chi connectivity index (χ1n) is 3.70. The fourth-order valence-electron chi connectivity index (χ4n) is 0.795. The van der Waals surface area contributed by atoms with Crippen molar-refractivity contribution in [3.8, 4) is 12.3 Å². The number of nitrogens with zero attached hydrogens (tertiary/aromatic N) is 1. The molecule has 3 N–H and O–H groups in total. The lowest BCUT2D eigenvalue weighted by Gasteiger charge is -2.01. The van der Waals surface area contributed by atoms with Crippen molar-refractivity contribution in [1.82, 2.24) is 4.98 Å². The van der Waals surface area contributed by atoms with E-state index in [1.807, 2.05) is 0 Å². The molecular weight excluding hydrogens is 202 g/mol. The van der Waals surface area contributed by atoms with Crippen LogP contribution in [-0.2, 0) is 10.0 Å². The smallest absolute Gasteiger partial charge is 0.239 e. The van der Waals surface area contributed by atoms with Crippen molar-refractivity contribution in [2.45, 2.75) is 4.90 Å². The molecule has 1 heterocycles. The summed E-state index contributed by atoms with van der Waals surface area (Å²) in [6.45, 7) is 0.335. The summed E-state index contributed by atoms with van der Waals surface area (Å²) < 4.78 is 21.7. The molecule has 0 radical (unpaired) electrons. The number of hydrogen-bond acceptors (Lipinski definition) is 4. The van der Waals surface area contributed by atoms with E-state index in [-0.39, 0.29) is 4.90 Å². The lowest BCUT2D eigenvalue weighted by molar-refractivity contribution is 0.597. The molecule has 1 aromatic heterocycles. The Morgan fingerprint density at radius 2 is 2.29 bits per heavy atom. The highest BCUT2D eigenvalue weighted by Crippen LogP contribution is 2.08. The molecule has 0 aliphatic rings. The molecule has 0 saturated carbocycles. The minimum absolute atomic E-state index is 0.0243. The first kappa shape index (κ1) is 10.5. The van der Waals surface area contributed by atoms with E-state index in [4.69, 9.17) is 11.6 Å². The Morgan fingerprint density at radius 1 is 1.57 bits per heavy atom. The van der Waals surface area contributed by atoms with Crippen molar-refractivity contribution in [3.63, 3.8) is 0 Å². The molecule has 0 atom stereocenters. The van der Waals surface area contributed by atoms with E-state index in [2.05, 4.69) is 16.2 Å². The van der Waals surface area contributed by atoms with Gasteiger partial charge in [0.2, 0.25) is 10.0 Å². The van der Waals surface area contributed by atoms with Crippen molar-refractivity contribution < 1.29 is 8.42 Å². The van der Waals surface area contributed by atoms with Crippen LogP contribution in [-0.4, -0.2) is 19.9 Å². The van der Waals surface area contributed by atoms with Gasteiger partial charge in [0, 0.05) is 6.20 Å². The molecule has 0 aliphatic heterocycles. The first-order valence-corrected chi connectivity index (χ1v) is 5.25. The number of pyridine rings is 1. The summed E-state index contributed by atoms with van der Waals surface area (Å²) >= 11 is 0. The molecule has 1 aromatic rings. The van der Waals surface area contributed by atoms with Crippen LogP contribution in [0.15, 0.2) is 23.2 Å². The Morgan fingerprint density at radius 3 is 2.71 bits per heavy atom. The SMILES string of the molecule is C#CCNc1ccc(S(N)(=O)=O)cn1. The number of nitrogens with two attached hydrogens (primary N) is 1. The quantitative estimate of drug-likeness (QED) is 0.676. The molecule has 0 amide bonds. The molecule has 0 bridgehead atoms. The predicted molar refractivity (Wildman–Crippen MR) is 52.9 cm³/mol. The topological polar surface area (TPSA) is 85.1 Å². The van der Waals surface area contributed by atoms with Crippen molar-refractivity contribution in [2.24, 2.45) is 5.14 Å². The number of rotatable bonds is 3. The van der Waals surface area contributed by atoms with Gasteiger partial charge in [0.15, 0.2) is 0 Å². The Balaban J connectivity index is 2.86. The third-order valence-corrected chi connectivity index (χ3v) is 2.34. The normalized spacial score (nSPS) is 10.6. The predicted octanol–water partition coefficient (Wildman–Crippen LogP) is -0.226. The van der Waals surface area contributed by atoms with Gasteiger partial charge in [0.05, 0.1) is 6.54 Å². The van der Waals surface area contributed by atoms with Crippen molar-refractivity contribution >= 4 is 15.8 Å². The van der Waals surface area contributed by atoms with Gasteiger partial charge in [-0.25, -0.2) is 18.5 Å². The van der Waals surface area contributed by atoms with Crippen LogP contribution in [0.25, 0.3) is 0 Å². The van der Waals surface area contributed by atoms with E-state index in [0.717, 1.165) is 0 Å². The second-order valence-corrected chi connectivity index (χ2v) is 4.04. The van der Waals surface area contributed by atoms with Gasteiger partial charge in [-0.1, -0.05) is 5.92 Å². The van der Waals surface area contributed by atoms with E-state index < -0.39 is 10.0 Å². The minimum Gasteiger partial charge on any atom is -0.359 e. The molecule has 0 saturated heterocycles. The maximum Gasteiger partial charge on any atom is 0.239 e. The fourth-order valence-corrected chi connectivity index (χ4v) is 1.25. The maximum atomic E-state index is 10.8. The molecule has 5 nitrogen and oxygen atoms in total. The van der Waals surface area contributed by atoms with Crippen molar-refractivity contribution in [3.05, 3.63) is 18.3 Å². The Bertz CT molecular complexity index is 444. The minimum atomic E-state index is -3.67. The summed E-state index contributed by atoms with van der Waals surface area (Å²) in [6.07, 6.45) is 6.19. The molecule has 0 aromatic carbocycles. The van der Waals surface area contributed by atoms with E-state index in [1.54, 1.807) is 0 Å². The van der Waals surface area contributed by atoms with E-state index in [9.17, 15) is 8.42 Å². The number of aromatic nitrogens is 1. The molecule has 0 fully saturated rings. The molecule has 6 heteroatoms. The zero-order valence-electron chi connectivity index (χ0n) is 7.27. The summed E-state index contributed by atoms with van der Waals surface area (Å²) in [5.41, 5.74) is 0. The van der Waals surface area contributed by atoms with E-state index in [0.29, 0.717) is 12.4 Å². The van der Waals surface area contributed by atoms with Crippen LogP contribution in [0, 0.1) is 12.3 Å². The lowest BCUT2D eigenvalue weighted by Crippen LogP contribution is -2.12. The summed E-state index contributed by atoms with van der Waals surface area (Å²) in [6, 6.07) is 2.86. The molecule has 14 heavy (non-hydrogen) atoms. The lowest BCUT2D eigenvalue weighted by atomic mass is 10.4. The van der Waals surface area contributed by atoms with Gasteiger partial charge in [0.25, 0.3) is 0 Å². The van der Waals surface area contributed by atoms with Crippen LogP contribution in [0.5, 0.6) is 0 Å². The average Bonchev–Trinajstić information content (AvgIpc) is 2.14. The van der Waals surface area contributed by atoms with Gasteiger partial charge >= 0.3 is 0 Å². The van der Waals surface area contributed by atoms with Gasteiger partial charge in [-0.15, -0.1) is 6.42 Å². The third-order valence-electron chi connectivity index (χ3n) is 1.44. The van der Waals surface area contributed by atoms with Gasteiger partial charge in [-0.3, -0.25) is 0 Å². The average molecular weight is 211 g/mol. The molecule has 0 aliphatic carbocycles. The maximum absolute atomic E-state index is 10.8. The summed E-state index contributed by atoms with van der Waals surface area (Å²) in [5.74, 6) is 2.88. The molecule has 74 valence electrons. The van der Waals surface area contributed by atoms with Gasteiger partial charge in [-0.05, 0) is 12.1 Å². The van der Waals surface area contributed by atoms with Gasteiger partial charge < -0.3 is 5.32 Å². The third kappa shape index (κ3) is 2.73. The summed E-state index contributed by atoms with van der Waals surface area (Å²) in [7, 11) is -3.67. The number of primary sulfonamides is 1. The number of nitrogens with one attached hydrogen (secondary N) is 1. The first-order chi connectivity index (χ1) is 6.54. The second kappa shape index (κ2) is 4.09. The number of hydrogen-bond donors (Lipinski definition) is 2. The molecular formula is C8H9N3O2S. The Labute approximate surface area is 82.4 Å². The Hall–Kier alpha value is -1.58. The standard InChI is InChI=1S/C8H9N3O2S/c1-2-5-10-8-4-3-7(6-11-8)14(9,12)13/h1,3-4,6H,5H2,(H,10,11)(H2,9,12,13). The van der Waals surface area contributed by atoms with Crippen LogP contribution in [0.2, 0.25) is 0 Å². The van der Waals surface area contributed by atoms with Crippen LogP contribution < -0.4 is 10.5 Å². The van der Waals surface area contributed by atoms with Gasteiger partial charge in [-0.2, -0.15) is 0 Å². The van der Waals surface area contributed by atoms with Crippen molar-refractivity contribution in [2.75, 3.05) is 11.9 Å². The van der Waals surface area contributed by atoms with E-state index in [1.165, 1.54) is 18.3 Å². The van der Waals surface area contributed by atoms with Gasteiger partial charge in [0.1, 0.15) is 10.7 Å². The van der Waals surface area contributed by atoms with Crippen LogP contribution in [0.4, 0.5) is 5.82 Å². The summed E-state index contributed by atoms with van der Waals surface area (Å²) in [4.78, 5) is 3.79. The number of anilines is 1. The van der Waals surface area contributed by atoms with Crippen LogP contribution >= 0.6 is 0 Å². The molecule has 0 unspecified atom stereocenters. The number of sulfonamides is 1. The zero-order valence-corrected chi connectivity index (χ0v) is 8.08. The summed E-state index contributed by atoms with van der Waals surface area (Å²) in [5, 5.41) is 7.68. The Kier molecular flexibility index (Phi) is 3.06. The highest BCUT2D eigenvalue weighted by Gasteiger charge is 2.06. The second-order valence-electron chi connectivity index (χ2n) is 2.48. The fraction of sp³-hybridized carbons (Fsp3) is 0.125. The van der Waals surface area contributed by atoms with Crippen molar-refractivity contribution in [1.29, 1.82) is 0 Å². The zero-order chi connectivity index (χ0) is 10.6. The van der Waals surface area contributed by atoms with Crippen LogP contribution in [0.3, 0.4) is 0 Å². The van der Waals surface area contributed by atoms with E-state index >= 15 is 0 Å². The highest BCUT2D eigenvalue weighted by molar-refractivity contribution is 7.89.